The van der Waals surface area contributed by atoms with Gasteiger partial charge in [-0.1, -0.05) is 17.3 Å². The summed E-state index contributed by atoms with van der Waals surface area (Å²) in [6.07, 6.45) is 3.63. The highest BCUT2D eigenvalue weighted by Gasteiger charge is 2.04. The number of benzene rings is 1. The lowest BCUT2D eigenvalue weighted by Gasteiger charge is -2.02. The minimum Gasteiger partial charge on any atom is -0.366 e. The van der Waals surface area contributed by atoms with Crippen LogP contribution in [0, 0.1) is 0 Å². The number of nitrogens with zero attached hydrogens (tertiary/aromatic N) is 3. The van der Waals surface area contributed by atoms with Crippen LogP contribution in [-0.2, 0) is 13.0 Å². The predicted molar refractivity (Wildman–Crippen MR) is 71.5 cm³/mol. The molecule has 0 saturated heterocycles. The molecule has 1 aromatic carbocycles. The molecule has 2 aromatic rings. The van der Waals surface area contributed by atoms with Gasteiger partial charge >= 0.3 is 0 Å². The third kappa shape index (κ3) is 3.62. The number of nitrogens with two attached hydrogens (primary N) is 2. The van der Waals surface area contributed by atoms with E-state index in [1.54, 1.807) is 16.8 Å². The van der Waals surface area contributed by atoms with E-state index in [9.17, 15) is 4.79 Å². The van der Waals surface area contributed by atoms with Gasteiger partial charge in [-0.2, -0.15) is 0 Å². The van der Waals surface area contributed by atoms with Crippen molar-refractivity contribution in [3.05, 3.63) is 47.3 Å². The molecule has 0 spiro atoms. The van der Waals surface area contributed by atoms with Crippen molar-refractivity contribution in [1.82, 2.24) is 15.0 Å². The topological polar surface area (TPSA) is 99.8 Å². The van der Waals surface area contributed by atoms with Gasteiger partial charge in [-0.15, -0.1) is 5.10 Å². The Morgan fingerprint density at radius 3 is 2.95 bits per heavy atom. The summed E-state index contributed by atoms with van der Waals surface area (Å²) in [7, 11) is 0. The molecule has 4 N–H and O–H groups in total. The van der Waals surface area contributed by atoms with E-state index in [4.69, 9.17) is 11.5 Å². The Hall–Kier alpha value is -2.21. The molecule has 6 nitrogen and oxygen atoms in total. The molecule has 2 rings (SSSR count). The molecule has 0 atom stereocenters. The molecule has 0 radical (unpaired) electrons. The zero-order valence-electron chi connectivity index (χ0n) is 10.6. The number of aryl methyl sites for hydroxylation is 1. The fourth-order valence-electron chi connectivity index (χ4n) is 1.82. The van der Waals surface area contributed by atoms with E-state index in [-0.39, 0.29) is 0 Å². The minimum absolute atomic E-state index is 0.427. The van der Waals surface area contributed by atoms with E-state index >= 15 is 0 Å². The van der Waals surface area contributed by atoms with Crippen molar-refractivity contribution in [1.29, 1.82) is 0 Å². The summed E-state index contributed by atoms with van der Waals surface area (Å²) in [4.78, 5) is 11.1. The molecule has 0 saturated carbocycles. The molecule has 0 aliphatic rings. The first-order chi connectivity index (χ1) is 9.19. The average molecular weight is 259 g/mol. The molecule has 100 valence electrons. The molecule has 1 amide bonds. The SMILES string of the molecule is NCCCc1cn(Cc2cccc(C(N)=O)c2)nn1. The lowest BCUT2D eigenvalue weighted by atomic mass is 10.1. The van der Waals surface area contributed by atoms with Gasteiger partial charge in [0, 0.05) is 11.8 Å². The van der Waals surface area contributed by atoms with Crippen LogP contribution in [0.15, 0.2) is 30.5 Å². The van der Waals surface area contributed by atoms with Crippen LogP contribution in [0.25, 0.3) is 0 Å². The molecule has 0 aliphatic carbocycles. The predicted octanol–water partition coefficient (Wildman–Crippen LogP) is 0.317. The molecule has 0 unspecified atom stereocenters. The van der Waals surface area contributed by atoms with Crippen LogP contribution >= 0.6 is 0 Å². The molecular weight excluding hydrogens is 242 g/mol. The van der Waals surface area contributed by atoms with Crippen LogP contribution in [0.3, 0.4) is 0 Å². The molecule has 1 aromatic heterocycles. The molecule has 0 bridgehead atoms. The fraction of sp³-hybridized carbons (Fsp3) is 0.308. The van der Waals surface area contributed by atoms with Gasteiger partial charge in [-0.05, 0) is 37.1 Å². The van der Waals surface area contributed by atoms with Gasteiger partial charge < -0.3 is 11.5 Å². The van der Waals surface area contributed by atoms with Gasteiger partial charge in [0.2, 0.25) is 5.91 Å². The number of carbonyl (C=O) groups is 1. The lowest BCUT2D eigenvalue weighted by molar-refractivity contribution is 0.1000. The Labute approximate surface area is 111 Å². The summed E-state index contributed by atoms with van der Waals surface area (Å²) >= 11 is 0. The number of primary amides is 1. The summed E-state index contributed by atoms with van der Waals surface area (Å²) in [6, 6.07) is 7.19. The smallest absolute Gasteiger partial charge is 0.248 e. The van der Waals surface area contributed by atoms with Gasteiger partial charge in [-0.3, -0.25) is 4.79 Å². The Balaban J connectivity index is 2.06. The standard InChI is InChI=1S/C13H17N5O/c14-6-2-5-12-9-18(17-16-12)8-10-3-1-4-11(7-10)13(15)19/h1,3-4,7,9H,2,5-6,8,14H2,(H2,15,19). The fourth-order valence-corrected chi connectivity index (χ4v) is 1.82. The number of amides is 1. The molecule has 0 fully saturated rings. The molecule has 1 heterocycles. The Morgan fingerprint density at radius 2 is 2.21 bits per heavy atom. The van der Waals surface area contributed by atoms with E-state index < -0.39 is 5.91 Å². The first kappa shape index (κ1) is 13.2. The zero-order valence-corrected chi connectivity index (χ0v) is 10.6. The first-order valence-electron chi connectivity index (χ1n) is 6.17. The molecule has 6 heteroatoms. The van der Waals surface area contributed by atoms with Gasteiger partial charge in [0.15, 0.2) is 0 Å². The number of carbonyl (C=O) groups excluding carboxylic acids is 1. The van der Waals surface area contributed by atoms with E-state index in [0.29, 0.717) is 18.7 Å². The maximum Gasteiger partial charge on any atom is 0.248 e. The van der Waals surface area contributed by atoms with Gasteiger partial charge in [0.05, 0.1) is 12.2 Å². The number of rotatable bonds is 6. The summed E-state index contributed by atoms with van der Waals surface area (Å²) in [5.74, 6) is -0.427. The van der Waals surface area contributed by atoms with Crippen molar-refractivity contribution >= 4 is 5.91 Å². The summed E-state index contributed by atoms with van der Waals surface area (Å²) in [5.41, 5.74) is 13.1. The highest BCUT2D eigenvalue weighted by Crippen LogP contribution is 2.07. The van der Waals surface area contributed by atoms with E-state index in [0.717, 1.165) is 24.1 Å². The number of hydrogen-bond donors (Lipinski definition) is 2. The van der Waals surface area contributed by atoms with Crippen molar-refractivity contribution < 1.29 is 4.79 Å². The second-order valence-electron chi connectivity index (χ2n) is 4.36. The van der Waals surface area contributed by atoms with Crippen molar-refractivity contribution in [3.63, 3.8) is 0 Å². The molecular formula is C13H17N5O. The third-order valence-corrected chi connectivity index (χ3v) is 2.78. The highest BCUT2D eigenvalue weighted by molar-refractivity contribution is 5.92. The van der Waals surface area contributed by atoms with Crippen LogP contribution in [0.4, 0.5) is 0 Å². The van der Waals surface area contributed by atoms with E-state index in [1.807, 2.05) is 18.3 Å². The van der Waals surface area contributed by atoms with Gasteiger partial charge in [-0.25, -0.2) is 4.68 Å². The van der Waals surface area contributed by atoms with Crippen LogP contribution in [0.5, 0.6) is 0 Å². The largest absolute Gasteiger partial charge is 0.366 e. The van der Waals surface area contributed by atoms with E-state index in [2.05, 4.69) is 10.3 Å². The minimum atomic E-state index is -0.427. The maximum absolute atomic E-state index is 11.1. The van der Waals surface area contributed by atoms with Gasteiger partial charge in [0.25, 0.3) is 0 Å². The lowest BCUT2D eigenvalue weighted by Crippen LogP contribution is -2.11. The summed E-state index contributed by atoms with van der Waals surface area (Å²) in [6.45, 7) is 1.21. The second kappa shape index (κ2) is 6.10. The van der Waals surface area contributed by atoms with Gasteiger partial charge in [0.1, 0.15) is 0 Å². The zero-order chi connectivity index (χ0) is 13.7. The van der Waals surface area contributed by atoms with Crippen LogP contribution in [0.1, 0.15) is 28.0 Å². The number of hydrogen-bond acceptors (Lipinski definition) is 4. The van der Waals surface area contributed by atoms with E-state index in [1.165, 1.54) is 0 Å². The summed E-state index contributed by atoms with van der Waals surface area (Å²) in [5, 5.41) is 8.12. The van der Waals surface area contributed by atoms with Crippen molar-refractivity contribution in [2.45, 2.75) is 19.4 Å². The molecule has 0 aliphatic heterocycles. The average Bonchev–Trinajstić information content (AvgIpc) is 2.84. The Bertz CT molecular complexity index is 564. The highest BCUT2D eigenvalue weighted by atomic mass is 16.1. The normalized spacial score (nSPS) is 10.6. The number of aromatic nitrogens is 3. The van der Waals surface area contributed by atoms with Crippen molar-refractivity contribution in [3.8, 4) is 0 Å². The van der Waals surface area contributed by atoms with Crippen molar-refractivity contribution in [2.24, 2.45) is 11.5 Å². The van der Waals surface area contributed by atoms with Crippen LogP contribution < -0.4 is 11.5 Å². The second-order valence-corrected chi connectivity index (χ2v) is 4.36. The quantitative estimate of drug-likeness (QED) is 0.780. The Morgan fingerprint density at radius 1 is 1.37 bits per heavy atom. The monoisotopic (exact) mass is 259 g/mol. The van der Waals surface area contributed by atoms with Crippen LogP contribution in [0.2, 0.25) is 0 Å². The molecule has 19 heavy (non-hydrogen) atoms. The first-order valence-corrected chi connectivity index (χ1v) is 6.17. The van der Waals surface area contributed by atoms with Crippen molar-refractivity contribution in [2.75, 3.05) is 6.54 Å². The summed E-state index contributed by atoms with van der Waals surface area (Å²) < 4.78 is 1.74. The van der Waals surface area contributed by atoms with Crippen LogP contribution in [-0.4, -0.2) is 27.4 Å². The third-order valence-electron chi connectivity index (χ3n) is 2.78. The Kier molecular flexibility index (Phi) is 4.25. The maximum atomic E-state index is 11.1.